The second-order valence-corrected chi connectivity index (χ2v) is 5.98. The van der Waals surface area contributed by atoms with Crippen molar-refractivity contribution in [3.63, 3.8) is 0 Å². The number of furan rings is 1. The predicted molar refractivity (Wildman–Crippen MR) is 89.7 cm³/mol. The summed E-state index contributed by atoms with van der Waals surface area (Å²) in [5.74, 6) is 1.38. The van der Waals surface area contributed by atoms with E-state index in [0.29, 0.717) is 27.8 Å². The molecule has 0 fully saturated rings. The van der Waals surface area contributed by atoms with Gasteiger partial charge in [-0.15, -0.1) is 0 Å². The lowest BCUT2D eigenvalue weighted by atomic mass is 10.1. The number of hydrogen-bond donors (Lipinski definition) is 1. The number of carbonyl (C=O) groups excluding carboxylic acids is 1. The highest BCUT2D eigenvalue weighted by Crippen LogP contribution is 2.39. The lowest BCUT2D eigenvalue weighted by molar-refractivity contribution is 0.0935. The minimum absolute atomic E-state index is 0.107. The molecule has 3 aromatic rings. The summed E-state index contributed by atoms with van der Waals surface area (Å²) >= 11 is 6.12. The number of benzene rings is 2. The Hall–Kier alpha value is -2.66. The SMILES string of the molecule is C[C@@H](NC(=O)c1cc(Cl)c2c(c1)OCO2)c1cc2ccccc2o1. The molecule has 122 valence electrons. The van der Waals surface area contributed by atoms with E-state index in [4.69, 9.17) is 25.5 Å². The molecule has 2 aromatic carbocycles. The Morgan fingerprint density at radius 1 is 1.21 bits per heavy atom. The van der Waals surface area contributed by atoms with Gasteiger partial charge in [0.1, 0.15) is 11.3 Å². The number of carbonyl (C=O) groups is 1. The molecule has 1 aliphatic rings. The van der Waals surface area contributed by atoms with Crippen LogP contribution in [0.15, 0.2) is 46.9 Å². The van der Waals surface area contributed by atoms with Gasteiger partial charge in [-0.2, -0.15) is 0 Å². The average molecular weight is 344 g/mol. The molecule has 1 aliphatic heterocycles. The molecular weight excluding hydrogens is 330 g/mol. The number of para-hydroxylation sites is 1. The first kappa shape index (κ1) is 14.9. The first-order valence-corrected chi connectivity index (χ1v) is 7.88. The first-order chi connectivity index (χ1) is 11.6. The summed E-state index contributed by atoms with van der Waals surface area (Å²) in [6, 6.07) is 12.5. The number of rotatable bonds is 3. The number of amides is 1. The van der Waals surface area contributed by atoms with Crippen LogP contribution in [0.2, 0.25) is 5.02 Å². The van der Waals surface area contributed by atoms with Crippen LogP contribution in [0.1, 0.15) is 29.1 Å². The quantitative estimate of drug-likeness (QED) is 0.770. The maximum atomic E-state index is 12.5. The third-order valence-corrected chi connectivity index (χ3v) is 4.19. The van der Waals surface area contributed by atoms with Gasteiger partial charge in [0.25, 0.3) is 5.91 Å². The molecule has 0 radical (unpaired) electrons. The molecular formula is C18H14ClNO4. The largest absolute Gasteiger partial charge is 0.459 e. The van der Waals surface area contributed by atoms with E-state index in [1.807, 2.05) is 37.3 Å². The van der Waals surface area contributed by atoms with E-state index >= 15 is 0 Å². The highest BCUT2D eigenvalue weighted by atomic mass is 35.5. The van der Waals surface area contributed by atoms with Crippen molar-refractivity contribution < 1.29 is 18.7 Å². The van der Waals surface area contributed by atoms with E-state index in [9.17, 15) is 4.79 Å². The third kappa shape index (κ3) is 2.57. The molecule has 1 aromatic heterocycles. The van der Waals surface area contributed by atoms with Gasteiger partial charge in [-0.25, -0.2) is 0 Å². The van der Waals surface area contributed by atoms with Crippen molar-refractivity contribution in [2.75, 3.05) is 6.79 Å². The Balaban J connectivity index is 1.56. The topological polar surface area (TPSA) is 60.7 Å². The van der Waals surface area contributed by atoms with Crippen LogP contribution in [0.3, 0.4) is 0 Å². The monoisotopic (exact) mass is 343 g/mol. The molecule has 6 heteroatoms. The Morgan fingerprint density at radius 2 is 2.04 bits per heavy atom. The number of hydrogen-bond acceptors (Lipinski definition) is 4. The Labute approximate surface area is 143 Å². The van der Waals surface area contributed by atoms with Gasteiger partial charge in [0.15, 0.2) is 11.5 Å². The molecule has 1 N–H and O–H groups in total. The zero-order valence-electron chi connectivity index (χ0n) is 12.8. The summed E-state index contributed by atoms with van der Waals surface area (Å²) in [6.45, 7) is 1.97. The zero-order valence-corrected chi connectivity index (χ0v) is 13.6. The molecule has 24 heavy (non-hydrogen) atoms. The van der Waals surface area contributed by atoms with Crippen molar-refractivity contribution in [1.29, 1.82) is 0 Å². The number of ether oxygens (including phenoxy) is 2. The molecule has 0 unspecified atom stereocenters. The van der Waals surface area contributed by atoms with E-state index < -0.39 is 0 Å². The van der Waals surface area contributed by atoms with Crippen molar-refractivity contribution in [2.45, 2.75) is 13.0 Å². The maximum absolute atomic E-state index is 12.5. The summed E-state index contributed by atoms with van der Waals surface area (Å²) in [4.78, 5) is 12.5. The van der Waals surface area contributed by atoms with Gasteiger partial charge in [-0.3, -0.25) is 4.79 Å². The fraction of sp³-hybridized carbons (Fsp3) is 0.167. The van der Waals surface area contributed by atoms with Crippen LogP contribution in [0.25, 0.3) is 11.0 Å². The van der Waals surface area contributed by atoms with Gasteiger partial charge in [-0.1, -0.05) is 29.8 Å². The van der Waals surface area contributed by atoms with E-state index in [1.54, 1.807) is 12.1 Å². The molecule has 1 atom stereocenters. The highest BCUT2D eigenvalue weighted by Gasteiger charge is 2.22. The molecule has 0 aliphatic carbocycles. The predicted octanol–water partition coefficient (Wildman–Crippen LogP) is 4.31. The third-order valence-electron chi connectivity index (χ3n) is 3.91. The van der Waals surface area contributed by atoms with Crippen molar-refractivity contribution in [3.05, 3.63) is 58.8 Å². The summed E-state index contributed by atoms with van der Waals surface area (Å²) in [6.07, 6.45) is 0. The van der Waals surface area contributed by atoms with Crippen LogP contribution >= 0.6 is 11.6 Å². The van der Waals surface area contributed by atoms with Crippen LogP contribution in [0.5, 0.6) is 11.5 Å². The van der Waals surface area contributed by atoms with Crippen LogP contribution < -0.4 is 14.8 Å². The number of fused-ring (bicyclic) bond motifs is 2. The van der Waals surface area contributed by atoms with Gasteiger partial charge in [-0.05, 0) is 31.2 Å². The summed E-state index contributed by atoms with van der Waals surface area (Å²) < 4.78 is 16.3. The lowest BCUT2D eigenvalue weighted by Gasteiger charge is -2.12. The summed E-state index contributed by atoms with van der Waals surface area (Å²) in [5.41, 5.74) is 1.20. The van der Waals surface area contributed by atoms with Crippen molar-refractivity contribution in [2.24, 2.45) is 0 Å². The highest BCUT2D eigenvalue weighted by molar-refractivity contribution is 6.32. The van der Waals surface area contributed by atoms with Gasteiger partial charge < -0.3 is 19.2 Å². The molecule has 4 rings (SSSR count). The fourth-order valence-corrected chi connectivity index (χ4v) is 2.93. The Morgan fingerprint density at radius 3 is 2.88 bits per heavy atom. The Kier molecular flexibility index (Phi) is 3.58. The van der Waals surface area contributed by atoms with Crippen LogP contribution in [0.4, 0.5) is 0 Å². The first-order valence-electron chi connectivity index (χ1n) is 7.50. The lowest BCUT2D eigenvalue weighted by Crippen LogP contribution is -2.26. The normalized spacial score (nSPS) is 13.9. The van der Waals surface area contributed by atoms with Crippen molar-refractivity contribution in [3.8, 4) is 11.5 Å². The van der Waals surface area contributed by atoms with Crippen LogP contribution in [-0.4, -0.2) is 12.7 Å². The Bertz CT molecular complexity index is 901. The summed E-state index contributed by atoms with van der Waals surface area (Å²) in [5, 5.41) is 4.26. The number of halogens is 1. The van der Waals surface area contributed by atoms with E-state index in [2.05, 4.69) is 5.32 Å². The van der Waals surface area contributed by atoms with Crippen molar-refractivity contribution in [1.82, 2.24) is 5.32 Å². The maximum Gasteiger partial charge on any atom is 0.252 e. The van der Waals surface area contributed by atoms with Gasteiger partial charge in [0.2, 0.25) is 6.79 Å². The van der Waals surface area contributed by atoms with E-state index in [0.717, 1.165) is 11.0 Å². The molecule has 0 saturated carbocycles. The van der Waals surface area contributed by atoms with Gasteiger partial charge >= 0.3 is 0 Å². The van der Waals surface area contributed by atoms with Gasteiger partial charge in [0.05, 0.1) is 11.1 Å². The molecule has 0 spiro atoms. The minimum atomic E-state index is -0.283. The van der Waals surface area contributed by atoms with Crippen LogP contribution in [-0.2, 0) is 0 Å². The molecule has 0 saturated heterocycles. The van der Waals surface area contributed by atoms with Crippen molar-refractivity contribution >= 4 is 28.5 Å². The minimum Gasteiger partial charge on any atom is -0.459 e. The second-order valence-electron chi connectivity index (χ2n) is 5.57. The fourth-order valence-electron chi connectivity index (χ4n) is 2.67. The molecule has 1 amide bonds. The van der Waals surface area contributed by atoms with E-state index in [1.165, 1.54) is 0 Å². The average Bonchev–Trinajstić information content (AvgIpc) is 3.21. The summed E-state index contributed by atoms with van der Waals surface area (Å²) in [7, 11) is 0. The number of nitrogens with one attached hydrogen (secondary N) is 1. The molecule has 5 nitrogen and oxygen atoms in total. The zero-order chi connectivity index (χ0) is 16.7. The molecule has 0 bridgehead atoms. The smallest absolute Gasteiger partial charge is 0.252 e. The van der Waals surface area contributed by atoms with E-state index in [-0.39, 0.29) is 18.7 Å². The standard InChI is InChI=1S/C18H14ClNO4/c1-10(15-7-11-4-2-3-5-14(11)24-15)20-18(21)12-6-13(19)17-16(8-12)22-9-23-17/h2-8,10H,9H2,1H3,(H,20,21)/t10-/m1/s1. The molecule has 2 heterocycles. The van der Waals surface area contributed by atoms with Gasteiger partial charge in [0, 0.05) is 10.9 Å². The second kappa shape index (κ2) is 5.76. The van der Waals surface area contributed by atoms with Crippen LogP contribution in [0, 0.1) is 0 Å².